The Morgan fingerprint density at radius 2 is 2.11 bits per heavy atom. The lowest BCUT2D eigenvalue weighted by molar-refractivity contribution is 0.101. The molecule has 1 aliphatic rings. The molecule has 2 N–H and O–H groups in total. The van der Waals surface area contributed by atoms with Crippen LogP contribution in [0.5, 0.6) is 0 Å². The molecule has 2 aromatic rings. The number of amides is 1. The summed E-state index contributed by atoms with van der Waals surface area (Å²) in [7, 11) is 3.10. The van der Waals surface area contributed by atoms with Gasteiger partial charge in [0.1, 0.15) is 5.69 Å². The van der Waals surface area contributed by atoms with Crippen LogP contribution < -0.4 is 10.0 Å². The van der Waals surface area contributed by atoms with Crippen molar-refractivity contribution in [1.29, 1.82) is 0 Å². The summed E-state index contributed by atoms with van der Waals surface area (Å²) in [6, 6.07) is 3.65. The predicted octanol–water partition coefficient (Wildman–Crippen LogP) is 3.82. The van der Waals surface area contributed by atoms with Gasteiger partial charge >= 0.3 is 0 Å². The van der Waals surface area contributed by atoms with Gasteiger partial charge in [-0.15, -0.1) is 0 Å². The summed E-state index contributed by atoms with van der Waals surface area (Å²) in [6.07, 6.45) is 3.59. The van der Waals surface area contributed by atoms with E-state index in [4.69, 9.17) is 0 Å². The van der Waals surface area contributed by atoms with E-state index >= 15 is 0 Å². The highest BCUT2D eigenvalue weighted by Crippen LogP contribution is 2.28. The largest absolute Gasteiger partial charge is 0.345 e. The summed E-state index contributed by atoms with van der Waals surface area (Å²) in [5.74, 6) is -1.82. The third kappa shape index (κ3) is 3.96. The van der Waals surface area contributed by atoms with E-state index in [0.29, 0.717) is 17.7 Å². The first-order valence-corrected chi connectivity index (χ1v) is 10.0. The van der Waals surface area contributed by atoms with Crippen LogP contribution in [0, 0.1) is 17.6 Å². The summed E-state index contributed by atoms with van der Waals surface area (Å²) in [4.78, 5) is 13.9. The van der Waals surface area contributed by atoms with Gasteiger partial charge in [-0.25, -0.2) is 17.9 Å². The smallest absolute Gasteiger partial charge is 0.272 e. The normalized spacial score (nSPS) is 19.8. The van der Waals surface area contributed by atoms with Crippen molar-refractivity contribution < 1.29 is 13.6 Å². The maximum absolute atomic E-state index is 13.4. The summed E-state index contributed by atoms with van der Waals surface area (Å²) in [5.41, 5.74) is 1.71. The van der Waals surface area contributed by atoms with Crippen LogP contribution in [0.2, 0.25) is 0 Å². The van der Waals surface area contributed by atoms with E-state index in [2.05, 4.69) is 28.2 Å². The molecule has 2 heterocycles. The number of carbonyl (C=O) groups excluding carboxylic acids is 1. The highest BCUT2D eigenvalue weighted by atomic mass is 32.2. The van der Waals surface area contributed by atoms with Gasteiger partial charge in [-0.05, 0) is 36.5 Å². The Bertz CT molecular complexity index is 907. The van der Waals surface area contributed by atoms with Gasteiger partial charge in [0.05, 0.1) is 4.90 Å². The number of nitrogens with one attached hydrogen (secondary N) is 2. The highest BCUT2D eigenvalue weighted by Gasteiger charge is 2.28. The molecule has 146 valence electrons. The van der Waals surface area contributed by atoms with E-state index < -0.39 is 22.5 Å². The van der Waals surface area contributed by atoms with Gasteiger partial charge in [-0.2, -0.15) is 0 Å². The van der Waals surface area contributed by atoms with Crippen LogP contribution in [0.25, 0.3) is 0 Å². The number of carbonyl (C=O) groups is 1. The van der Waals surface area contributed by atoms with Crippen molar-refractivity contribution in [3.8, 4) is 0 Å². The van der Waals surface area contributed by atoms with Gasteiger partial charge in [-0.1, -0.05) is 13.8 Å². The average Bonchev–Trinajstić information content (AvgIpc) is 2.83. The Hall–Kier alpha value is -2.06. The van der Waals surface area contributed by atoms with Crippen LogP contribution in [0.4, 0.5) is 14.5 Å². The SMILES string of the molecule is CN=S1NC(C(C)C)CCc2c1cn(C)c2C(=O)Nc1ccc(F)c(F)c1. The van der Waals surface area contributed by atoms with Gasteiger partial charge < -0.3 is 9.88 Å². The van der Waals surface area contributed by atoms with E-state index in [1.165, 1.54) is 6.07 Å². The molecule has 2 atom stereocenters. The van der Waals surface area contributed by atoms with Crippen molar-refractivity contribution in [2.24, 2.45) is 17.3 Å². The lowest BCUT2D eigenvalue weighted by Gasteiger charge is -2.20. The first-order valence-electron chi connectivity index (χ1n) is 8.86. The number of aryl methyl sites for hydroxylation is 1. The summed E-state index contributed by atoms with van der Waals surface area (Å²) >= 11 is 0. The quantitative estimate of drug-likeness (QED) is 0.831. The minimum atomic E-state index is -0.992. The first-order chi connectivity index (χ1) is 12.8. The molecule has 5 nitrogen and oxygen atoms in total. The highest BCUT2D eigenvalue weighted by molar-refractivity contribution is 7.85. The van der Waals surface area contributed by atoms with Crippen LogP contribution >= 0.6 is 0 Å². The maximum atomic E-state index is 13.4. The van der Waals surface area contributed by atoms with E-state index in [-0.39, 0.29) is 11.6 Å². The number of nitrogens with zero attached hydrogens (tertiary/aromatic N) is 2. The molecule has 3 rings (SSSR count). The summed E-state index contributed by atoms with van der Waals surface area (Å²) < 4.78 is 36.4. The van der Waals surface area contributed by atoms with Gasteiger partial charge in [0.25, 0.3) is 5.91 Å². The zero-order valence-corrected chi connectivity index (χ0v) is 16.7. The zero-order chi connectivity index (χ0) is 19.7. The van der Waals surface area contributed by atoms with Crippen molar-refractivity contribution in [3.05, 3.63) is 47.3 Å². The van der Waals surface area contributed by atoms with Gasteiger partial charge in [0, 0.05) is 49.0 Å². The fraction of sp³-hybridized carbons (Fsp3) is 0.421. The zero-order valence-electron chi connectivity index (χ0n) is 15.8. The van der Waals surface area contributed by atoms with Crippen molar-refractivity contribution in [2.75, 3.05) is 12.4 Å². The summed E-state index contributed by atoms with van der Waals surface area (Å²) in [5, 5.41) is 2.68. The number of hydrogen-bond acceptors (Lipinski definition) is 2. The standard InChI is InChI=1S/C19H24F2N4OS/c1-11(2)16-8-6-13-17(27(22-3)24-16)10-25(4)18(13)19(26)23-12-5-7-14(20)15(21)9-12/h5,7,9-11,16H,6,8H2,1-4H3,(H,22,24)(H,23,26). The van der Waals surface area contributed by atoms with Crippen LogP contribution in [0.3, 0.4) is 0 Å². The molecular weight excluding hydrogens is 370 g/mol. The number of anilines is 1. The van der Waals surface area contributed by atoms with Crippen molar-refractivity contribution in [2.45, 2.75) is 37.6 Å². The molecule has 1 aromatic carbocycles. The number of halogens is 2. The molecule has 0 saturated heterocycles. The molecule has 27 heavy (non-hydrogen) atoms. The molecule has 0 bridgehead atoms. The van der Waals surface area contributed by atoms with Crippen LogP contribution in [-0.2, 0) is 24.3 Å². The Morgan fingerprint density at radius 1 is 1.37 bits per heavy atom. The summed E-state index contributed by atoms with van der Waals surface area (Å²) in [6.45, 7) is 4.34. The lowest BCUT2D eigenvalue weighted by atomic mass is 9.97. The molecule has 0 radical (unpaired) electrons. The average molecular weight is 394 g/mol. The fourth-order valence-electron chi connectivity index (χ4n) is 3.30. The minimum absolute atomic E-state index is 0.222. The van der Waals surface area contributed by atoms with Crippen LogP contribution in [0.1, 0.15) is 36.3 Å². The number of benzene rings is 1. The third-order valence-corrected chi connectivity index (χ3v) is 6.46. The van der Waals surface area contributed by atoms with Crippen LogP contribution in [0.15, 0.2) is 33.7 Å². The van der Waals surface area contributed by atoms with Gasteiger partial charge in [0.2, 0.25) is 0 Å². The topological polar surface area (TPSA) is 58.4 Å². The number of fused-ring (bicyclic) bond motifs is 1. The van der Waals surface area contributed by atoms with E-state index in [1.54, 1.807) is 11.6 Å². The Morgan fingerprint density at radius 3 is 2.74 bits per heavy atom. The Balaban J connectivity index is 1.94. The minimum Gasteiger partial charge on any atom is -0.345 e. The number of rotatable bonds is 3. The Kier molecular flexibility index (Phi) is 5.76. The van der Waals surface area contributed by atoms with E-state index in [9.17, 15) is 13.6 Å². The molecule has 0 aliphatic carbocycles. The molecule has 1 amide bonds. The molecule has 0 saturated carbocycles. The molecule has 1 aromatic heterocycles. The van der Waals surface area contributed by atoms with Crippen molar-refractivity contribution in [3.63, 3.8) is 0 Å². The monoisotopic (exact) mass is 394 g/mol. The van der Waals surface area contributed by atoms with Crippen LogP contribution in [-0.4, -0.2) is 23.6 Å². The molecule has 0 spiro atoms. The third-order valence-electron chi connectivity index (χ3n) is 4.80. The molecule has 2 unspecified atom stereocenters. The maximum Gasteiger partial charge on any atom is 0.272 e. The van der Waals surface area contributed by atoms with Crippen molar-refractivity contribution in [1.82, 2.24) is 9.29 Å². The molecule has 0 fully saturated rings. The second kappa shape index (κ2) is 7.90. The first kappa shape index (κ1) is 19.7. The molecule has 8 heteroatoms. The lowest BCUT2D eigenvalue weighted by Crippen LogP contribution is -2.33. The van der Waals surface area contributed by atoms with E-state index in [0.717, 1.165) is 35.4 Å². The van der Waals surface area contributed by atoms with Crippen molar-refractivity contribution >= 4 is 22.5 Å². The van der Waals surface area contributed by atoms with E-state index in [1.807, 2.05) is 13.2 Å². The second-order valence-corrected chi connectivity index (χ2v) is 8.60. The molecule has 1 aliphatic heterocycles. The number of hydrogen-bond donors (Lipinski definition) is 2. The Labute approximate surface area is 160 Å². The van der Waals surface area contributed by atoms with Gasteiger partial charge in [-0.3, -0.25) is 4.79 Å². The second-order valence-electron chi connectivity index (χ2n) is 6.99. The van der Waals surface area contributed by atoms with Gasteiger partial charge in [0.15, 0.2) is 11.6 Å². The fourth-order valence-corrected chi connectivity index (χ4v) is 5.10. The number of aromatic nitrogens is 1. The molecular formula is C19H24F2N4OS. The predicted molar refractivity (Wildman–Crippen MR) is 104 cm³/mol.